The average Bonchev–Trinajstić information content (AvgIpc) is 2.99. The average molecular weight is 293 g/mol. The van der Waals surface area contributed by atoms with E-state index in [2.05, 4.69) is 40.4 Å². The van der Waals surface area contributed by atoms with E-state index in [0.717, 1.165) is 25.1 Å². The van der Waals surface area contributed by atoms with Crippen LogP contribution in [-0.4, -0.2) is 30.1 Å². The van der Waals surface area contributed by atoms with Crippen LogP contribution in [0.1, 0.15) is 48.4 Å². The number of carbonyl (C=O) groups excluding carboxylic acids is 1. The van der Waals surface area contributed by atoms with Crippen molar-refractivity contribution in [1.82, 2.24) is 24.4 Å². The number of carbonyl (C=O) groups is 1. The molecule has 20 heavy (non-hydrogen) atoms. The predicted octanol–water partition coefficient (Wildman–Crippen LogP) is 2.16. The minimum Gasteiger partial charge on any atom is -0.293 e. The van der Waals surface area contributed by atoms with E-state index in [0.29, 0.717) is 16.6 Å². The molecule has 2 heterocycles. The summed E-state index contributed by atoms with van der Waals surface area (Å²) in [5, 5.41) is 8.21. The molecule has 0 aliphatic heterocycles. The van der Waals surface area contributed by atoms with Gasteiger partial charge >= 0.3 is 0 Å². The molecule has 0 N–H and O–H groups in total. The molecular weight excluding hydrogens is 274 g/mol. The highest BCUT2D eigenvalue weighted by Gasteiger charge is 2.18. The molecule has 2 aromatic heterocycles. The maximum Gasteiger partial charge on any atom is 0.183 e. The van der Waals surface area contributed by atoms with Gasteiger partial charge in [-0.05, 0) is 23.9 Å². The predicted molar refractivity (Wildman–Crippen MR) is 76.8 cm³/mol. The Labute approximate surface area is 122 Å². The van der Waals surface area contributed by atoms with Gasteiger partial charge < -0.3 is 0 Å². The topological polar surface area (TPSA) is 73.6 Å². The Morgan fingerprint density at radius 1 is 1.45 bits per heavy atom. The zero-order valence-electron chi connectivity index (χ0n) is 12.0. The Kier molecular flexibility index (Phi) is 4.94. The third-order valence-electron chi connectivity index (χ3n) is 2.85. The summed E-state index contributed by atoms with van der Waals surface area (Å²) in [6.07, 6.45) is 3.50. The SMILES string of the molecule is CCCc1nnsc1C(=O)Cc1ncnn1CC(C)C. The van der Waals surface area contributed by atoms with Gasteiger partial charge in [-0.2, -0.15) is 5.10 Å². The minimum atomic E-state index is 0.0291. The highest BCUT2D eigenvalue weighted by Crippen LogP contribution is 2.15. The van der Waals surface area contributed by atoms with Gasteiger partial charge in [0.2, 0.25) is 0 Å². The van der Waals surface area contributed by atoms with Gasteiger partial charge in [-0.3, -0.25) is 4.79 Å². The number of rotatable bonds is 7. The molecule has 2 rings (SSSR count). The van der Waals surface area contributed by atoms with Gasteiger partial charge in [0, 0.05) is 6.54 Å². The Morgan fingerprint density at radius 3 is 2.95 bits per heavy atom. The van der Waals surface area contributed by atoms with E-state index in [4.69, 9.17) is 0 Å². The maximum atomic E-state index is 12.4. The van der Waals surface area contributed by atoms with Crippen LogP contribution in [0.15, 0.2) is 6.33 Å². The van der Waals surface area contributed by atoms with Crippen molar-refractivity contribution in [3.63, 3.8) is 0 Å². The van der Waals surface area contributed by atoms with Crippen LogP contribution in [-0.2, 0) is 19.4 Å². The number of aromatic nitrogens is 5. The summed E-state index contributed by atoms with van der Waals surface area (Å²) < 4.78 is 5.69. The molecule has 0 saturated carbocycles. The second kappa shape index (κ2) is 6.69. The van der Waals surface area contributed by atoms with Gasteiger partial charge in [0.1, 0.15) is 17.0 Å². The van der Waals surface area contributed by atoms with Crippen LogP contribution in [0.4, 0.5) is 0 Å². The molecule has 0 spiro atoms. The zero-order chi connectivity index (χ0) is 14.5. The van der Waals surface area contributed by atoms with E-state index >= 15 is 0 Å². The summed E-state index contributed by atoms with van der Waals surface area (Å²) >= 11 is 1.17. The lowest BCUT2D eigenvalue weighted by atomic mass is 10.1. The first kappa shape index (κ1) is 14.8. The standard InChI is InChI=1S/C13H19N5OS/c1-4-5-10-13(20-17-16-10)11(19)6-12-14-8-15-18(12)7-9(2)3/h8-9H,4-7H2,1-3H3. The Morgan fingerprint density at radius 2 is 2.25 bits per heavy atom. The Hall–Kier alpha value is -1.63. The monoisotopic (exact) mass is 293 g/mol. The molecule has 0 unspecified atom stereocenters. The molecule has 0 aliphatic carbocycles. The van der Waals surface area contributed by atoms with Crippen LogP contribution >= 0.6 is 11.5 Å². The molecular formula is C13H19N5OS. The van der Waals surface area contributed by atoms with Gasteiger partial charge in [-0.15, -0.1) is 5.10 Å². The molecule has 108 valence electrons. The molecule has 0 fully saturated rings. The fourth-order valence-corrected chi connectivity index (χ4v) is 2.61. The third-order valence-corrected chi connectivity index (χ3v) is 3.66. The van der Waals surface area contributed by atoms with Crippen molar-refractivity contribution in [2.45, 2.75) is 46.6 Å². The van der Waals surface area contributed by atoms with Crippen molar-refractivity contribution in [3.8, 4) is 0 Å². The lowest BCUT2D eigenvalue weighted by Crippen LogP contribution is -2.14. The Balaban J connectivity index is 2.11. The van der Waals surface area contributed by atoms with Crippen molar-refractivity contribution < 1.29 is 4.79 Å². The molecule has 0 radical (unpaired) electrons. The first-order valence-electron chi connectivity index (χ1n) is 6.82. The van der Waals surface area contributed by atoms with E-state index < -0.39 is 0 Å². The van der Waals surface area contributed by atoms with Gasteiger partial charge in [-0.25, -0.2) is 9.67 Å². The van der Waals surface area contributed by atoms with Gasteiger partial charge in [-0.1, -0.05) is 31.7 Å². The second-order valence-corrected chi connectivity index (χ2v) is 5.91. The van der Waals surface area contributed by atoms with E-state index in [9.17, 15) is 4.79 Å². The highest BCUT2D eigenvalue weighted by molar-refractivity contribution is 7.08. The normalized spacial score (nSPS) is 11.2. The summed E-state index contributed by atoms with van der Waals surface area (Å²) in [5.74, 6) is 1.20. The first-order valence-corrected chi connectivity index (χ1v) is 7.60. The van der Waals surface area contributed by atoms with Crippen LogP contribution in [0.2, 0.25) is 0 Å². The van der Waals surface area contributed by atoms with Crippen LogP contribution in [0.3, 0.4) is 0 Å². The fraction of sp³-hybridized carbons (Fsp3) is 0.615. The maximum absolute atomic E-state index is 12.4. The minimum absolute atomic E-state index is 0.0291. The van der Waals surface area contributed by atoms with Crippen molar-refractivity contribution in [1.29, 1.82) is 0 Å². The van der Waals surface area contributed by atoms with E-state index in [1.165, 1.54) is 17.9 Å². The van der Waals surface area contributed by atoms with Crippen LogP contribution in [0.25, 0.3) is 0 Å². The van der Waals surface area contributed by atoms with E-state index in [1.807, 2.05) is 0 Å². The smallest absolute Gasteiger partial charge is 0.183 e. The van der Waals surface area contributed by atoms with Gasteiger partial charge in [0.25, 0.3) is 0 Å². The van der Waals surface area contributed by atoms with Crippen LogP contribution in [0, 0.1) is 5.92 Å². The fourth-order valence-electron chi connectivity index (χ4n) is 1.97. The van der Waals surface area contributed by atoms with Crippen molar-refractivity contribution in [2.24, 2.45) is 5.92 Å². The lowest BCUT2D eigenvalue weighted by molar-refractivity contribution is 0.0991. The van der Waals surface area contributed by atoms with Gasteiger partial charge in [0.15, 0.2) is 5.78 Å². The van der Waals surface area contributed by atoms with Crippen molar-refractivity contribution in [2.75, 3.05) is 0 Å². The number of hydrogen-bond acceptors (Lipinski definition) is 6. The highest BCUT2D eigenvalue weighted by atomic mass is 32.1. The molecule has 6 nitrogen and oxygen atoms in total. The summed E-state index contributed by atoms with van der Waals surface area (Å²) in [6, 6.07) is 0. The van der Waals surface area contributed by atoms with Crippen LogP contribution < -0.4 is 0 Å². The second-order valence-electron chi connectivity index (χ2n) is 5.15. The molecule has 0 aromatic carbocycles. The molecule has 0 aliphatic rings. The molecule has 0 bridgehead atoms. The molecule has 0 amide bonds. The number of hydrogen-bond donors (Lipinski definition) is 0. The number of Topliss-reactive ketones (excluding diaryl/α,β-unsaturated/α-hetero) is 1. The zero-order valence-corrected chi connectivity index (χ0v) is 12.9. The van der Waals surface area contributed by atoms with Crippen molar-refractivity contribution >= 4 is 17.3 Å². The molecule has 0 atom stereocenters. The third kappa shape index (κ3) is 3.47. The van der Waals surface area contributed by atoms with Gasteiger partial charge in [0.05, 0.1) is 12.1 Å². The summed E-state index contributed by atoms with van der Waals surface area (Å²) in [6.45, 7) is 7.05. The van der Waals surface area contributed by atoms with E-state index in [1.54, 1.807) is 4.68 Å². The van der Waals surface area contributed by atoms with Crippen LogP contribution in [0.5, 0.6) is 0 Å². The molecule has 0 saturated heterocycles. The first-order chi connectivity index (χ1) is 9.61. The summed E-state index contributed by atoms with van der Waals surface area (Å²) in [7, 11) is 0. The summed E-state index contributed by atoms with van der Waals surface area (Å²) in [5.41, 5.74) is 0.803. The quantitative estimate of drug-likeness (QED) is 0.731. The number of aryl methyl sites for hydroxylation is 1. The molecule has 2 aromatic rings. The van der Waals surface area contributed by atoms with Crippen molar-refractivity contribution in [3.05, 3.63) is 22.7 Å². The van der Waals surface area contributed by atoms with E-state index in [-0.39, 0.29) is 12.2 Å². The largest absolute Gasteiger partial charge is 0.293 e. The number of ketones is 1. The molecule has 7 heteroatoms. The summed E-state index contributed by atoms with van der Waals surface area (Å²) in [4.78, 5) is 17.2. The number of nitrogens with zero attached hydrogens (tertiary/aromatic N) is 5. The Bertz CT molecular complexity index is 575. The lowest BCUT2D eigenvalue weighted by Gasteiger charge is -2.07.